The van der Waals surface area contributed by atoms with E-state index in [2.05, 4.69) is 9.97 Å². The molecule has 0 radical (unpaired) electrons. The largest absolute Gasteiger partial charge is 0.478 e. The predicted octanol–water partition coefficient (Wildman–Crippen LogP) is 2.63. The molecule has 6 nitrogen and oxygen atoms in total. The van der Waals surface area contributed by atoms with Gasteiger partial charge in [-0.05, 0) is 24.3 Å². The molecule has 0 fully saturated rings. The van der Waals surface area contributed by atoms with E-state index in [-0.39, 0.29) is 11.1 Å². The lowest BCUT2D eigenvalue weighted by Gasteiger charge is -2.01. The van der Waals surface area contributed by atoms with Crippen molar-refractivity contribution >= 4 is 23.0 Å². The second-order valence-corrected chi connectivity index (χ2v) is 4.47. The van der Waals surface area contributed by atoms with Crippen LogP contribution in [0.2, 0.25) is 0 Å². The van der Waals surface area contributed by atoms with Crippen molar-refractivity contribution in [1.82, 2.24) is 9.97 Å². The van der Waals surface area contributed by atoms with Crippen molar-refractivity contribution in [2.75, 3.05) is 0 Å². The maximum Gasteiger partial charge on any atom is 0.336 e. The number of aromatic nitrogens is 2. The number of hydrogen-bond donors (Lipinski definition) is 3. The molecule has 21 heavy (non-hydrogen) atoms. The standard InChI is InChI=1S/C15H10N2O4/c18-14(19)8-5-6-11-12(7-8)17-13(16-11)9-3-1-2-4-10(9)15(20)21/h1-7H,(H,16,17)(H,18,19)(H,20,21). The highest BCUT2D eigenvalue weighted by atomic mass is 16.4. The second-order valence-electron chi connectivity index (χ2n) is 4.47. The maximum atomic E-state index is 11.2. The highest BCUT2D eigenvalue weighted by Crippen LogP contribution is 2.24. The summed E-state index contributed by atoms with van der Waals surface area (Å²) < 4.78 is 0. The average molecular weight is 282 g/mol. The molecule has 3 N–H and O–H groups in total. The Morgan fingerprint density at radius 2 is 1.76 bits per heavy atom. The fourth-order valence-corrected chi connectivity index (χ4v) is 2.15. The van der Waals surface area contributed by atoms with Gasteiger partial charge in [-0.2, -0.15) is 0 Å². The van der Waals surface area contributed by atoms with E-state index in [0.717, 1.165) is 0 Å². The first-order chi connectivity index (χ1) is 10.1. The van der Waals surface area contributed by atoms with Crippen LogP contribution in [0, 0.1) is 0 Å². The molecule has 0 unspecified atom stereocenters. The fraction of sp³-hybridized carbons (Fsp3) is 0. The molecule has 104 valence electrons. The quantitative estimate of drug-likeness (QED) is 0.685. The van der Waals surface area contributed by atoms with Gasteiger partial charge in [0.15, 0.2) is 0 Å². The topological polar surface area (TPSA) is 103 Å². The summed E-state index contributed by atoms with van der Waals surface area (Å²) >= 11 is 0. The fourth-order valence-electron chi connectivity index (χ4n) is 2.15. The molecule has 0 amide bonds. The first kappa shape index (κ1) is 12.9. The molecule has 3 aromatic rings. The minimum atomic E-state index is -1.04. The Kier molecular flexibility index (Phi) is 2.91. The smallest absolute Gasteiger partial charge is 0.336 e. The van der Waals surface area contributed by atoms with Crippen LogP contribution in [-0.2, 0) is 0 Å². The zero-order valence-corrected chi connectivity index (χ0v) is 10.7. The Bertz CT molecular complexity index is 867. The molecule has 0 aliphatic rings. The number of fused-ring (bicyclic) bond motifs is 1. The summed E-state index contributed by atoms with van der Waals surface area (Å²) in [6.07, 6.45) is 0. The van der Waals surface area contributed by atoms with Gasteiger partial charge in [0, 0.05) is 5.56 Å². The first-order valence-electron chi connectivity index (χ1n) is 6.12. The molecule has 1 heterocycles. The van der Waals surface area contributed by atoms with Crippen LogP contribution in [0.1, 0.15) is 20.7 Å². The summed E-state index contributed by atoms with van der Waals surface area (Å²) in [5, 5.41) is 18.2. The number of carboxylic acid groups (broad SMARTS) is 2. The molecule has 0 spiro atoms. The lowest BCUT2D eigenvalue weighted by Crippen LogP contribution is -1.99. The normalized spacial score (nSPS) is 10.7. The predicted molar refractivity (Wildman–Crippen MR) is 75.4 cm³/mol. The molecule has 0 saturated heterocycles. The van der Waals surface area contributed by atoms with Crippen molar-refractivity contribution in [3.05, 3.63) is 53.6 Å². The molecule has 0 aliphatic carbocycles. The van der Waals surface area contributed by atoms with Crippen molar-refractivity contribution in [2.45, 2.75) is 0 Å². The van der Waals surface area contributed by atoms with Gasteiger partial charge in [-0.15, -0.1) is 0 Å². The molecular weight excluding hydrogens is 272 g/mol. The number of imidazole rings is 1. The van der Waals surface area contributed by atoms with E-state index in [1.165, 1.54) is 18.2 Å². The lowest BCUT2D eigenvalue weighted by molar-refractivity contribution is 0.0686. The van der Waals surface area contributed by atoms with Crippen LogP contribution in [0.4, 0.5) is 0 Å². The van der Waals surface area contributed by atoms with Gasteiger partial charge >= 0.3 is 11.9 Å². The zero-order chi connectivity index (χ0) is 15.0. The number of carbonyl (C=O) groups is 2. The van der Waals surface area contributed by atoms with Crippen LogP contribution < -0.4 is 0 Å². The van der Waals surface area contributed by atoms with Gasteiger partial charge in [0.1, 0.15) is 5.82 Å². The molecular formula is C15H10N2O4. The van der Waals surface area contributed by atoms with Crippen molar-refractivity contribution in [1.29, 1.82) is 0 Å². The van der Waals surface area contributed by atoms with E-state index < -0.39 is 11.9 Å². The molecule has 0 bridgehead atoms. The van der Waals surface area contributed by atoms with Crippen molar-refractivity contribution in [3.8, 4) is 11.4 Å². The Balaban J connectivity index is 2.18. The van der Waals surface area contributed by atoms with Crippen LogP contribution in [0.5, 0.6) is 0 Å². The molecule has 2 aromatic carbocycles. The van der Waals surface area contributed by atoms with Crippen molar-refractivity contribution < 1.29 is 19.8 Å². The Labute approximate surface area is 118 Å². The first-order valence-corrected chi connectivity index (χ1v) is 6.12. The number of rotatable bonds is 3. The van der Waals surface area contributed by atoms with Crippen LogP contribution in [0.25, 0.3) is 22.4 Å². The monoisotopic (exact) mass is 282 g/mol. The van der Waals surface area contributed by atoms with Gasteiger partial charge in [-0.1, -0.05) is 18.2 Å². The Morgan fingerprint density at radius 3 is 2.48 bits per heavy atom. The summed E-state index contributed by atoms with van der Waals surface area (Å²) in [6, 6.07) is 11.0. The number of nitrogens with zero attached hydrogens (tertiary/aromatic N) is 1. The molecule has 6 heteroatoms. The Morgan fingerprint density at radius 1 is 1.00 bits per heavy atom. The number of aromatic amines is 1. The number of H-pyrrole nitrogens is 1. The second kappa shape index (κ2) is 4.75. The van der Waals surface area contributed by atoms with Crippen molar-refractivity contribution in [3.63, 3.8) is 0 Å². The number of hydrogen-bond acceptors (Lipinski definition) is 3. The summed E-state index contributed by atoms with van der Waals surface area (Å²) in [6.45, 7) is 0. The van der Waals surface area contributed by atoms with Gasteiger partial charge in [0.05, 0.1) is 22.2 Å². The van der Waals surface area contributed by atoms with Gasteiger partial charge in [-0.25, -0.2) is 14.6 Å². The third kappa shape index (κ3) is 2.23. The molecule has 0 saturated carbocycles. The van der Waals surface area contributed by atoms with E-state index in [9.17, 15) is 14.7 Å². The number of carboxylic acids is 2. The average Bonchev–Trinajstić information content (AvgIpc) is 2.89. The molecule has 0 atom stereocenters. The highest BCUT2D eigenvalue weighted by Gasteiger charge is 2.14. The summed E-state index contributed by atoms with van der Waals surface area (Å²) in [5.74, 6) is -1.68. The van der Waals surface area contributed by atoms with Gasteiger partial charge in [-0.3, -0.25) is 0 Å². The minimum Gasteiger partial charge on any atom is -0.478 e. The molecule has 1 aromatic heterocycles. The third-order valence-corrected chi connectivity index (χ3v) is 3.14. The van der Waals surface area contributed by atoms with E-state index in [4.69, 9.17) is 5.11 Å². The van der Waals surface area contributed by atoms with Gasteiger partial charge in [0.25, 0.3) is 0 Å². The lowest BCUT2D eigenvalue weighted by atomic mass is 10.1. The van der Waals surface area contributed by atoms with Crippen LogP contribution in [-0.4, -0.2) is 32.1 Å². The SMILES string of the molecule is O=C(O)c1ccc2nc(-c3ccccc3C(=O)O)[nH]c2c1. The van der Waals surface area contributed by atoms with E-state index >= 15 is 0 Å². The summed E-state index contributed by atoms with van der Waals surface area (Å²) in [5.41, 5.74) is 1.86. The summed E-state index contributed by atoms with van der Waals surface area (Å²) in [4.78, 5) is 29.5. The van der Waals surface area contributed by atoms with E-state index in [1.807, 2.05) is 0 Å². The third-order valence-electron chi connectivity index (χ3n) is 3.14. The van der Waals surface area contributed by atoms with Crippen LogP contribution in [0.15, 0.2) is 42.5 Å². The number of benzene rings is 2. The summed E-state index contributed by atoms with van der Waals surface area (Å²) in [7, 11) is 0. The van der Waals surface area contributed by atoms with Crippen molar-refractivity contribution in [2.24, 2.45) is 0 Å². The number of aromatic carboxylic acids is 2. The zero-order valence-electron chi connectivity index (χ0n) is 10.7. The van der Waals surface area contributed by atoms with Gasteiger partial charge < -0.3 is 15.2 Å². The maximum absolute atomic E-state index is 11.2. The number of nitrogens with one attached hydrogen (secondary N) is 1. The molecule has 0 aliphatic heterocycles. The van der Waals surface area contributed by atoms with Crippen LogP contribution in [0.3, 0.4) is 0 Å². The highest BCUT2D eigenvalue weighted by molar-refractivity contribution is 5.97. The minimum absolute atomic E-state index is 0.134. The van der Waals surface area contributed by atoms with Crippen LogP contribution >= 0.6 is 0 Å². The van der Waals surface area contributed by atoms with Gasteiger partial charge in [0.2, 0.25) is 0 Å². The molecule has 3 rings (SSSR count). The Hall–Kier alpha value is -3.15. The van der Waals surface area contributed by atoms with E-state index in [1.54, 1.807) is 24.3 Å². The van der Waals surface area contributed by atoms with E-state index in [0.29, 0.717) is 22.4 Å².